The lowest BCUT2D eigenvalue weighted by Crippen LogP contribution is -2.55. The van der Waals surface area contributed by atoms with Gasteiger partial charge in [0.2, 0.25) is 11.8 Å². The molecule has 2 bridgehead atoms. The van der Waals surface area contributed by atoms with Crippen molar-refractivity contribution in [3.05, 3.63) is 0 Å². The highest BCUT2D eigenvalue weighted by Crippen LogP contribution is 2.71. The molecule has 0 saturated carbocycles. The molecule has 0 aliphatic carbocycles. The van der Waals surface area contributed by atoms with Crippen molar-refractivity contribution in [1.82, 2.24) is 10.2 Å². The van der Waals surface area contributed by atoms with Gasteiger partial charge in [-0.3, -0.25) is 14.4 Å². The predicted molar refractivity (Wildman–Crippen MR) is 121 cm³/mol. The Bertz CT molecular complexity index is 703. The normalized spacial score (nSPS) is 34.7. The molecule has 3 saturated heterocycles. The van der Waals surface area contributed by atoms with Gasteiger partial charge in [0, 0.05) is 23.9 Å². The number of carbonyl (C=O) groups excluding carboxylic acids is 3. The van der Waals surface area contributed by atoms with Crippen molar-refractivity contribution in [3.8, 4) is 0 Å². The molecular formula is C23H38N2O5S. The second-order valence-electron chi connectivity index (χ2n) is 9.49. The molecule has 2 amide bonds. The third-order valence-electron chi connectivity index (χ3n) is 7.23. The molecule has 0 radical (unpaired) electrons. The van der Waals surface area contributed by atoms with Crippen molar-refractivity contribution in [2.75, 3.05) is 19.8 Å². The fourth-order valence-corrected chi connectivity index (χ4v) is 8.30. The Labute approximate surface area is 190 Å². The monoisotopic (exact) mass is 454 g/mol. The maximum absolute atomic E-state index is 13.7. The van der Waals surface area contributed by atoms with Crippen molar-refractivity contribution in [3.63, 3.8) is 0 Å². The number of nitrogens with zero attached hydrogens (tertiary/aromatic N) is 1. The van der Waals surface area contributed by atoms with E-state index in [0.717, 1.165) is 38.5 Å². The van der Waals surface area contributed by atoms with Crippen molar-refractivity contribution in [2.45, 2.75) is 94.2 Å². The van der Waals surface area contributed by atoms with Crippen LogP contribution in [0.2, 0.25) is 0 Å². The summed E-state index contributed by atoms with van der Waals surface area (Å²) < 4.78 is 4.44. The van der Waals surface area contributed by atoms with Gasteiger partial charge < -0.3 is 20.1 Å². The molecule has 176 valence electrons. The standard InChI is InChI=1S/C23H38N2O5S/c1-5-10-15(3)24-19(27)18-23-12-11-22(4,31-23)17(21(29)30-6-2)16(23)20(28)25(18)13-8-7-9-14-26/h15-18,26H,5-14H2,1-4H3,(H,24,27)/t15?,16-,17-,18?,22+,23?/m0/s1. The Hall–Kier alpha value is -1.28. The molecule has 1 spiro atoms. The summed E-state index contributed by atoms with van der Waals surface area (Å²) in [6.45, 7) is 8.81. The maximum Gasteiger partial charge on any atom is 0.311 e. The van der Waals surface area contributed by atoms with Gasteiger partial charge >= 0.3 is 5.97 Å². The van der Waals surface area contributed by atoms with Crippen molar-refractivity contribution in [1.29, 1.82) is 0 Å². The average molecular weight is 455 g/mol. The second kappa shape index (κ2) is 9.69. The summed E-state index contributed by atoms with van der Waals surface area (Å²) >= 11 is 1.68. The van der Waals surface area contributed by atoms with Gasteiger partial charge in [0.1, 0.15) is 6.04 Å². The highest BCUT2D eigenvalue weighted by Gasteiger charge is 2.77. The summed E-state index contributed by atoms with van der Waals surface area (Å²) in [6.07, 6.45) is 5.63. The third-order valence-corrected chi connectivity index (χ3v) is 9.22. The SMILES string of the molecule is CCCC(C)NC(=O)C1N(CCCCCO)C(=O)[C@@H]2[C@@H](C(=O)OCC)[C@@]3(C)CCC12S3. The van der Waals surface area contributed by atoms with E-state index in [-0.39, 0.29) is 41.8 Å². The van der Waals surface area contributed by atoms with E-state index in [9.17, 15) is 14.4 Å². The lowest BCUT2D eigenvalue weighted by atomic mass is 9.66. The van der Waals surface area contributed by atoms with E-state index in [0.29, 0.717) is 13.0 Å². The number of hydrogen-bond donors (Lipinski definition) is 2. The summed E-state index contributed by atoms with van der Waals surface area (Å²) in [5.74, 6) is -1.51. The van der Waals surface area contributed by atoms with Crippen LogP contribution in [0.5, 0.6) is 0 Å². The lowest BCUT2D eigenvalue weighted by Gasteiger charge is -2.35. The molecule has 31 heavy (non-hydrogen) atoms. The molecule has 0 aromatic carbocycles. The summed E-state index contributed by atoms with van der Waals surface area (Å²) in [6, 6.07) is -0.524. The molecule has 0 aromatic heterocycles. The molecule has 7 nitrogen and oxygen atoms in total. The van der Waals surface area contributed by atoms with Gasteiger partial charge in [0.05, 0.1) is 23.2 Å². The van der Waals surface area contributed by atoms with Gasteiger partial charge in [0.15, 0.2) is 0 Å². The van der Waals surface area contributed by atoms with Gasteiger partial charge in [0.25, 0.3) is 0 Å². The highest BCUT2D eigenvalue weighted by atomic mass is 32.2. The van der Waals surface area contributed by atoms with Crippen LogP contribution in [0.1, 0.15) is 72.6 Å². The van der Waals surface area contributed by atoms with E-state index < -0.39 is 22.6 Å². The second-order valence-corrected chi connectivity index (χ2v) is 11.4. The number of carbonyl (C=O) groups is 3. The Morgan fingerprint density at radius 3 is 2.68 bits per heavy atom. The lowest BCUT2D eigenvalue weighted by molar-refractivity contribution is -0.155. The van der Waals surface area contributed by atoms with Crippen LogP contribution >= 0.6 is 11.8 Å². The number of esters is 1. The number of ether oxygens (including phenoxy) is 1. The summed E-state index contributed by atoms with van der Waals surface area (Å²) in [5.41, 5.74) is 0. The smallest absolute Gasteiger partial charge is 0.311 e. The number of thioether (sulfide) groups is 1. The first kappa shape index (κ1) is 24.4. The number of aliphatic hydroxyl groups is 1. The van der Waals surface area contributed by atoms with Crippen LogP contribution in [0.3, 0.4) is 0 Å². The summed E-state index contributed by atoms with van der Waals surface area (Å²) in [5, 5.41) is 12.2. The molecule has 3 aliphatic heterocycles. The molecule has 3 aliphatic rings. The quantitative estimate of drug-likeness (QED) is 0.368. The van der Waals surface area contributed by atoms with Gasteiger partial charge in [-0.2, -0.15) is 0 Å². The van der Waals surface area contributed by atoms with Crippen LogP contribution < -0.4 is 5.32 Å². The summed E-state index contributed by atoms with van der Waals surface area (Å²) in [4.78, 5) is 41.9. The number of unbranched alkanes of at least 4 members (excludes halogenated alkanes) is 2. The molecule has 0 aromatic rings. The zero-order valence-corrected chi connectivity index (χ0v) is 20.1. The highest BCUT2D eigenvalue weighted by molar-refractivity contribution is 8.02. The molecule has 3 rings (SSSR count). The zero-order chi connectivity index (χ0) is 22.8. The Kier molecular flexibility index (Phi) is 7.62. The van der Waals surface area contributed by atoms with Crippen molar-refractivity contribution >= 4 is 29.5 Å². The minimum Gasteiger partial charge on any atom is -0.466 e. The molecule has 3 heterocycles. The number of hydrogen-bond acceptors (Lipinski definition) is 6. The van der Waals surface area contributed by atoms with Crippen LogP contribution in [0.4, 0.5) is 0 Å². The van der Waals surface area contributed by atoms with Gasteiger partial charge in [-0.1, -0.05) is 13.3 Å². The number of amides is 2. The van der Waals surface area contributed by atoms with E-state index in [1.54, 1.807) is 23.6 Å². The number of nitrogens with one attached hydrogen (secondary N) is 1. The number of aliphatic hydroxyl groups excluding tert-OH is 1. The first-order chi connectivity index (χ1) is 14.8. The predicted octanol–water partition coefficient (Wildman–Crippen LogP) is 2.50. The van der Waals surface area contributed by atoms with Crippen LogP contribution in [0.25, 0.3) is 0 Å². The van der Waals surface area contributed by atoms with Crippen LogP contribution in [0, 0.1) is 11.8 Å². The van der Waals surface area contributed by atoms with Crippen LogP contribution in [-0.2, 0) is 19.1 Å². The molecular weight excluding hydrogens is 416 g/mol. The Morgan fingerprint density at radius 2 is 2.03 bits per heavy atom. The van der Waals surface area contributed by atoms with Crippen molar-refractivity contribution in [2.24, 2.45) is 11.8 Å². The van der Waals surface area contributed by atoms with Gasteiger partial charge in [-0.15, -0.1) is 11.8 Å². The molecule has 2 N–H and O–H groups in total. The first-order valence-corrected chi connectivity index (χ1v) is 12.7. The number of rotatable bonds is 11. The number of fused-ring (bicyclic) bond motifs is 1. The largest absolute Gasteiger partial charge is 0.466 e. The Morgan fingerprint density at radius 1 is 1.29 bits per heavy atom. The minimum atomic E-state index is -0.573. The Balaban J connectivity index is 1.92. The van der Waals surface area contributed by atoms with E-state index >= 15 is 0 Å². The minimum absolute atomic E-state index is 0.0411. The van der Waals surface area contributed by atoms with E-state index in [1.807, 2.05) is 6.92 Å². The first-order valence-electron chi connectivity index (χ1n) is 11.8. The van der Waals surface area contributed by atoms with E-state index in [1.165, 1.54) is 0 Å². The molecule has 3 unspecified atom stereocenters. The fraction of sp³-hybridized carbons (Fsp3) is 0.870. The molecule has 8 heteroatoms. The van der Waals surface area contributed by atoms with E-state index in [4.69, 9.17) is 9.84 Å². The third kappa shape index (κ3) is 4.22. The zero-order valence-electron chi connectivity index (χ0n) is 19.3. The van der Waals surface area contributed by atoms with E-state index in [2.05, 4.69) is 19.2 Å². The van der Waals surface area contributed by atoms with Gasteiger partial charge in [-0.05, 0) is 59.3 Å². The topological polar surface area (TPSA) is 95.9 Å². The van der Waals surface area contributed by atoms with Crippen LogP contribution in [0.15, 0.2) is 0 Å². The fourth-order valence-electron chi connectivity index (χ4n) is 5.95. The summed E-state index contributed by atoms with van der Waals surface area (Å²) in [7, 11) is 0. The van der Waals surface area contributed by atoms with Crippen LogP contribution in [-0.4, -0.2) is 69.1 Å². The number of likely N-dealkylation sites (tertiary alicyclic amines) is 1. The molecule has 6 atom stereocenters. The van der Waals surface area contributed by atoms with Crippen molar-refractivity contribution < 1.29 is 24.2 Å². The average Bonchev–Trinajstić information content (AvgIpc) is 3.26. The molecule has 3 fully saturated rings. The van der Waals surface area contributed by atoms with Gasteiger partial charge in [-0.25, -0.2) is 0 Å². The maximum atomic E-state index is 13.7.